The lowest BCUT2D eigenvalue weighted by Crippen LogP contribution is -2.45. The minimum atomic E-state index is -2.58. The number of nitrogens with two attached hydrogens (primary N) is 6. The number of hydrogen-bond acceptors (Lipinski definition) is 12. The Morgan fingerprint density at radius 3 is 0.802 bits per heavy atom. The molecule has 6 rings (SSSR count). The van der Waals surface area contributed by atoms with Gasteiger partial charge in [0, 0.05) is 88.9 Å². The molecule has 0 saturated carbocycles. The second-order valence-corrected chi connectivity index (χ2v) is 23.0. The van der Waals surface area contributed by atoms with Crippen LogP contribution in [0.3, 0.4) is 0 Å². The van der Waals surface area contributed by atoms with Gasteiger partial charge in [0.25, 0.3) is 0 Å². The van der Waals surface area contributed by atoms with Gasteiger partial charge in [-0.25, -0.2) is 17.6 Å². The molecule has 0 fully saturated rings. The van der Waals surface area contributed by atoms with Crippen molar-refractivity contribution in [1.82, 2.24) is 0 Å². The summed E-state index contributed by atoms with van der Waals surface area (Å²) in [6.45, 7) is 9.13. The summed E-state index contributed by atoms with van der Waals surface area (Å²) >= 11 is 0. The highest BCUT2D eigenvalue weighted by molar-refractivity contribution is 6.14. The summed E-state index contributed by atoms with van der Waals surface area (Å²) in [6.07, 6.45) is -3.49. The molecule has 0 bridgehead atoms. The first-order valence-corrected chi connectivity index (χ1v) is 29.8. The highest BCUT2D eigenvalue weighted by atomic mass is 19.3. The standard InChI is InChI=1S/C19H19FN2.C18H16F2N2.C18H17FN2.C6H15FN2.C5H12F2N2.C5H13FN2/c1-19(15-21,13-8-14-20)22-18(16-9-4-2-5-10-16)17-11-6-3-7-12-17;1-18(13-21,12-16(19)20)22-17(14-8-4-2-5-9-14)15-10-6-3-7-11-15;1-18(14-20,12-13-19)21-17(15-8-4-2-5-9-15)16-10-6-3-7-11-16;1-6(9,5-8)3-2-4-7;1-5(9,3-8)2-4(6)7;1-5(8,4-7)2-3-6/h2-7,9-12H,8,13-14H2,1H3;2-11,16H,12H2,1H3;2-11H,12-13H2,1H3;2-5,8-9H2,1H3;4H,2-3,8-9H2,1H3;2-4,7-8H2,1H3. The number of nitrogens with zero attached hydrogens (tertiary/aromatic N) is 6. The number of alkyl halides is 8. The third kappa shape index (κ3) is 33.6. The van der Waals surface area contributed by atoms with Crippen molar-refractivity contribution in [3.05, 3.63) is 215 Å². The summed E-state index contributed by atoms with van der Waals surface area (Å²) in [5.74, 6) is 0. The van der Waals surface area contributed by atoms with Crippen LogP contribution in [0.5, 0.6) is 0 Å². The van der Waals surface area contributed by atoms with Gasteiger partial charge in [-0.2, -0.15) is 15.8 Å². The highest BCUT2D eigenvalue weighted by Gasteiger charge is 2.30. The number of benzene rings is 6. The molecule has 6 atom stereocenters. The Bertz CT molecular complexity index is 3000. The second-order valence-electron chi connectivity index (χ2n) is 23.0. The van der Waals surface area contributed by atoms with Crippen molar-refractivity contribution in [2.75, 3.05) is 46.3 Å². The van der Waals surface area contributed by atoms with E-state index in [1.165, 1.54) is 13.8 Å². The van der Waals surface area contributed by atoms with Crippen molar-refractivity contribution >= 4 is 17.1 Å². The van der Waals surface area contributed by atoms with Gasteiger partial charge in [-0.15, -0.1) is 0 Å². The van der Waals surface area contributed by atoms with Gasteiger partial charge < -0.3 is 34.4 Å². The van der Waals surface area contributed by atoms with E-state index in [0.717, 1.165) is 39.1 Å². The lowest BCUT2D eigenvalue weighted by atomic mass is 9.96. The van der Waals surface area contributed by atoms with Crippen molar-refractivity contribution in [3.63, 3.8) is 0 Å². The molecule has 0 spiro atoms. The first-order valence-electron chi connectivity index (χ1n) is 29.8. The van der Waals surface area contributed by atoms with Crippen LogP contribution in [0.15, 0.2) is 197 Å². The van der Waals surface area contributed by atoms with Gasteiger partial charge in [-0.05, 0) is 73.6 Å². The van der Waals surface area contributed by atoms with Crippen LogP contribution in [-0.2, 0) is 0 Å². The molecule has 12 nitrogen and oxygen atoms in total. The maximum Gasteiger partial charge on any atom is 0.242 e. The van der Waals surface area contributed by atoms with Crippen LogP contribution in [0.1, 0.15) is 126 Å². The maximum absolute atomic E-state index is 12.8. The monoisotopic (exact) mass is 1260 g/mol. The smallest absolute Gasteiger partial charge is 0.242 e. The molecule has 0 saturated heterocycles. The van der Waals surface area contributed by atoms with Crippen LogP contribution in [0.2, 0.25) is 0 Å². The molecule has 12 N–H and O–H groups in total. The number of nitriles is 3. The second kappa shape index (κ2) is 42.9. The molecular formula is C71H92F8N12. The first-order chi connectivity index (χ1) is 43.1. The average molecular weight is 1270 g/mol. The SMILES string of the molecule is CC(C#N)(CC(F)F)N=C(c1ccccc1)c1ccccc1.CC(C#N)(CCCF)N=C(c1ccccc1)c1ccccc1.CC(C#N)(CCF)N=C(c1ccccc1)c1ccccc1.CC(N)(CN)CC(F)F.CC(N)(CN)CCCF.CC(N)(CN)CCF. The molecule has 6 unspecified atom stereocenters. The summed E-state index contributed by atoms with van der Waals surface area (Å²) in [5.41, 5.74) is 34.1. The molecule has 6 aromatic rings. The zero-order valence-electron chi connectivity index (χ0n) is 53.3. The Morgan fingerprint density at radius 1 is 0.352 bits per heavy atom. The number of aliphatic imine (C=N–C) groups is 3. The predicted molar refractivity (Wildman–Crippen MR) is 355 cm³/mol. The van der Waals surface area contributed by atoms with Crippen LogP contribution in [-0.4, -0.2) is 110 Å². The van der Waals surface area contributed by atoms with E-state index in [9.17, 15) is 50.9 Å². The molecule has 0 heterocycles. The van der Waals surface area contributed by atoms with Gasteiger partial charge in [0.1, 0.15) is 16.6 Å². The van der Waals surface area contributed by atoms with Crippen molar-refractivity contribution < 1.29 is 35.1 Å². The molecule has 6 aromatic carbocycles. The van der Waals surface area contributed by atoms with E-state index in [1.807, 2.05) is 195 Å². The summed E-state index contributed by atoms with van der Waals surface area (Å²) in [4.78, 5) is 13.6. The molecular weight excluding hydrogens is 1170 g/mol. The Hall–Kier alpha value is -8.00. The molecule has 91 heavy (non-hydrogen) atoms. The third-order valence-corrected chi connectivity index (χ3v) is 13.6. The minimum absolute atomic E-state index is 0.0899. The van der Waals surface area contributed by atoms with Gasteiger partial charge in [0.05, 0.1) is 62.0 Å². The van der Waals surface area contributed by atoms with Crippen LogP contribution in [0.4, 0.5) is 35.1 Å². The van der Waals surface area contributed by atoms with Crippen LogP contribution < -0.4 is 34.4 Å². The number of hydrogen-bond donors (Lipinski definition) is 6. The van der Waals surface area contributed by atoms with E-state index in [2.05, 4.69) is 22.1 Å². The highest BCUT2D eigenvalue weighted by Crippen LogP contribution is 2.25. The van der Waals surface area contributed by atoms with Gasteiger partial charge >= 0.3 is 0 Å². The minimum Gasteiger partial charge on any atom is -0.329 e. The van der Waals surface area contributed by atoms with Crippen LogP contribution in [0.25, 0.3) is 0 Å². The van der Waals surface area contributed by atoms with E-state index in [-0.39, 0.29) is 38.3 Å². The van der Waals surface area contributed by atoms with Gasteiger partial charge in [0.15, 0.2) is 0 Å². The lowest BCUT2D eigenvalue weighted by Gasteiger charge is -2.20. The van der Waals surface area contributed by atoms with E-state index in [1.54, 1.807) is 20.8 Å². The lowest BCUT2D eigenvalue weighted by molar-refractivity contribution is 0.110. The summed E-state index contributed by atoms with van der Waals surface area (Å²) < 4.78 is 97.0. The van der Waals surface area contributed by atoms with Crippen LogP contribution >= 0.6 is 0 Å². The van der Waals surface area contributed by atoms with Crippen molar-refractivity contribution in [1.29, 1.82) is 15.8 Å². The van der Waals surface area contributed by atoms with E-state index >= 15 is 0 Å². The Balaban J connectivity index is 0.000000573. The van der Waals surface area contributed by atoms with Gasteiger partial charge in [-0.3, -0.25) is 32.5 Å². The van der Waals surface area contributed by atoms with E-state index in [4.69, 9.17) is 39.4 Å². The Kier molecular flexibility index (Phi) is 38.2. The molecule has 0 aliphatic carbocycles. The fraction of sp³-hybridized carbons (Fsp3) is 0.408. The average Bonchev–Trinajstić information content (AvgIpc) is 1.45. The van der Waals surface area contributed by atoms with Crippen LogP contribution in [0, 0.1) is 34.0 Å². The largest absolute Gasteiger partial charge is 0.329 e. The zero-order valence-corrected chi connectivity index (χ0v) is 53.3. The van der Waals surface area contributed by atoms with Crippen molar-refractivity contribution in [3.8, 4) is 18.2 Å². The molecule has 492 valence electrons. The van der Waals surface area contributed by atoms with Gasteiger partial charge in [-0.1, -0.05) is 182 Å². The Morgan fingerprint density at radius 2 is 0.593 bits per heavy atom. The molecule has 0 aromatic heterocycles. The zero-order chi connectivity index (χ0) is 68.4. The Labute approximate surface area is 534 Å². The molecule has 0 aliphatic heterocycles. The maximum atomic E-state index is 12.8. The first kappa shape index (κ1) is 81.0. The number of rotatable bonds is 26. The molecule has 20 heteroatoms. The third-order valence-electron chi connectivity index (χ3n) is 13.6. The molecule has 0 radical (unpaired) electrons. The van der Waals surface area contributed by atoms with E-state index < -0.39 is 60.3 Å². The summed E-state index contributed by atoms with van der Waals surface area (Å²) in [7, 11) is 0. The van der Waals surface area contributed by atoms with Crippen molar-refractivity contribution in [2.45, 2.75) is 139 Å². The molecule has 0 aliphatic rings. The van der Waals surface area contributed by atoms with Crippen molar-refractivity contribution in [2.24, 2.45) is 49.4 Å². The van der Waals surface area contributed by atoms with Gasteiger partial charge in [0.2, 0.25) is 12.9 Å². The number of halogens is 8. The topological polar surface area (TPSA) is 265 Å². The predicted octanol–water partition coefficient (Wildman–Crippen LogP) is 13.9. The quantitative estimate of drug-likeness (QED) is 0.0222. The normalized spacial score (nSPS) is 14.4. The fourth-order valence-corrected chi connectivity index (χ4v) is 7.82. The summed E-state index contributed by atoms with van der Waals surface area (Å²) in [5, 5.41) is 28.1. The fourth-order valence-electron chi connectivity index (χ4n) is 7.82. The molecule has 0 amide bonds. The van der Waals surface area contributed by atoms with E-state index in [0.29, 0.717) is 56.6 Å². The summed E-state index contributed by atoms with van der Waals surface area (Å²) in [6, 6.07) is 63.7.